The van der Waals surface area contributed by atoms with E-state index in [1.54, 1.807) is 42.6 Å². The van der Waals surface area contributed by atoms with Gasteiger partial charge in [0.1, 0.15) is 5.92 Å². The molecular formula is C23H18ClN3O3. The van der Waals surface area contributed by atoms with Gasteiger partial charge in [0.25, 0.3) is 5.91 Å². The Morgan fingerprint density at radius 3 is 2.50 bits per heavy atom. The van der Waals surface area contributed by atoms with Crippen molar-refractivity contribution in [3.05, 3.63) is 89.2 Å². The summed E-state index contributed by atoms with van der Waals surface area (Å²) >= 11 is 6.24. The van der Waals surface area contributed by atoms with Crippen LogP contribution in [0.5, 0.6) is 0 Å². The molecule has 6 nitrogen and oxygen atoms in total. The number of carbonyl (C=O) groups is 2. The summed E-state index contributed by atoms with van der Waals surface area (Å²) in [7, 11) is 0. The predicted octanol–water partition coefficient (Wildman–Crippen LogP) is 4.09. The van der Waals surface area contributed by atoms with Crippen LogP contribution < -0.4 is 9.96 Å². The first-order valence-electron chi connectivity index (χ1n) is 9.62. The monoisotopic (exact) mass is 419 g/mol. The van der Waals surface area contributed by atoms with E-state index in [2.05, 4.69) is 4.98 Å². The summed E-state index contributed by atoms with van der Waals surface area (Å²) in [6.07, 6.45) is 2.46. The van der Waals surface area contributed by atoms with Gasteiger partial charge >= 0.3 is 0 Å². The molecule has 0 saturated carbocycles. The maximum atomic E-state index is 13.6. The van der Waals surface area contributed by atoms with Gasteiger partial charge in [0.2, 0.25) is 5.91 Å². The summed E-state index contributed by atoms with van der Waals surface area (Å²) in [5, 5.41) is 2.16. The van der Waals surface area contributed by atoms with Crippen LogP contribution in [-0.2, 0) is 14.4 Å². The highest BCUT2D eigenvalue weighted by Crippen LogP contribution is 2.47. The highest BCUT2D eigenvalue weighted by atomic mass is 35.5. The van der Waals surface area contributed by atoms with Gasteiger partial charge in [-0.05, 0) is 48.4 Å². The molecule has 3 atom stereocenters. The van der Waals surface area contributed by atoms with Gasteiger partial charge in [-0.15, -0.1) is 0 Å². The molecule has 0 radical (unpaired) electrons. The molecule has 2 saturated heterocycles. The van der Waals surface area contributed by atoms with E-state index in [4.69, 9.17) is 16.4 Å². The van der Waals surface area contributed by atoms with Gasteiger partial charge in [0.15, 0.2) is 6.10 Å². The fourth-order valence-corrected chi connectivity index (χ4v) is 4.35. The number of aromatic nitrogens is 1. The Hall–Kier alpha value is -3.22. The van der Waals surface area contributed by atoms with Crippen molar-refractivity contribution in [2.75, 3.05) is 9.96 Å². The predicted molar refractivity (Wildman–Crippen MR) is 113 cm³/mol. The number of hydrogen-bond acceptors (Lipinski definition) is 5. The molecule has 2 aromatic carbocycles. The highest BCUT2D eigenvalue weighted by molar-refractivity contribution is 6.32. The normalized spacial score (nSPS) is 23.2. The number of benzene rings is 2. The Morgan fingerprint density at radius 1 is 0.967 bits per heavy atom. The Bertz CT molecular complexity index is 1120. The van der Waals surface area contributed by atoms with Crippen LogP contribution in [0.3, 0.4) is 0 Å². The van der Waals surface area contributed by atoms with Gasteiger partial charge in [0, 0.05) is 17.4 Å². The molecule has 3 heterocycles. The summed E-state index contributed by atoms with van der Waals surface area (Å²) in [6.45, 7) is 1.79. The molecule has 7 heteroatoms. The smallest absolute Gasteiger partial charge is 0.266 e. The van der Waals surface area contributed by atoms with Gasteiger partial charge in [-0.25, -0.2) is 9.96 Å². The maximum Gasteiger partial charge on any atom is 0.266 e. The van der Waals surface area contributed by atoms with Crippen LogP contribution in [0.2, 0.25) is 5.02 Å². The van der Waals surface area contributed by atoms with Crippen molar-refractivity contribution in [1.29, 1.82) is 0 Å². The summed E-state index contributed by atoms with van der Waals surface area (Å²) in [6, 6.07) is 17.9. The number of pyridine rings is 1. The summed E-state index contributed by atoms with van der Waals surface area (Å²) in [5.41, 5.74) is 2.75. The minimum atomic E-state index is -0.915. The zero-order chi connectivity index (χ0) is 20.8. The quantitative estimate of drug-likeness (QED) is 0.598. The minimum absolute atomic E-state index is 0.303. The van der Waals surface area contributed by atoms with Crippen LogP contribution in [0.4, 0.5) is 11.4 Å². The number of anilines is 2. The van der Waals surface area contributed by atoms with E-state index in [1.165, 1.54) is 4.90 Å². The molecule has 0 N–H and O–H groups in total. The first-order chi connectivity index (χ1) is 14.6. The molecule has 1 aromatic heterocycles. The summed E-state index contributed by atoms with van der Waals surface area (Å²) in [5.74, 6) is -1.38. The van der Waals surface area contributed by atoms with Crippen molar-refractivity contribution >= 4 is 34.8 Å². The fourth-order valence-electron chi connectivity index (χ4n) is 4.18. The number of rotatable bonds is 3. The zero-order valence-electron chi connectivity index (χ0n) is 16.1. The third kappa shape index (κ3) is 2.80. The molecule has 0 spiro atoms. The van der Waals surface area contributed by atoms with Crippen molar-refractivity contribution in [2.45, 2.75) is 19.1 Å². The average Bonchev–Trinajstić information content (AvgIpc) is 3.28. The molecule has 0 aliphatic carbocycles. The molecule has 5 rings (SSSR count). The first-order valence-corrected chi connectivity index (χ1v) is 9.99. The highest BCUT2D eigenvalue weighted by Gasteiger charge is 2.60. The second kappa shape index (κ2) is 7.23. The number of carbonyl (C=O) groups excluding carboxylic acids is 2. The van der Waals surface area contributed by atoms with E-state index in [-0.39, 0.29) is 11.8 Å². The second-order valence-electron chi connectivity index (χ2n) is 7.34. The van der Waals surface area contributed by atoms with E-state index in [1.807, 2.05) is 42.5 Å². The second-order valence-corrected chi connectivity index (χ2v) is 7.75. The third-order valence-corrected chi connectivity index (χ3v) is 6.04. The molecule has 2 aliphatic heterocycles. The van der Waals surface area contributed by atoms with Crippen molar-refractivity contribution < 1.29 is 14.4 Å². The Morgan fingerprint density at radius 2 is 1.77 bits per heavy atom. The van der Waals surface area contributed by atoms with Gasteiger partial charge in [0.05, 0.1) is 17.4 Å². The molecule has 150 valence electrons. The largest absolute Gasteiger partial charge is 0.273 e. The van der Waals surface area contributed by atoms with E-state index in [9.17, 15) is 9.59 Å². The van der Waals surface area contributed by atoms with E-state index < -0.39 is 18.1 Å². The molecular weight excluding hydrogens is 402 g/mol. The van der Waals surface area contributed by atoms with Crippen LogP contribution in [0.25, 0.3) is 0 Å². The number of imide groups is 1. The van der Waals surface area contributed by atoms with Gasteiger partial charge < -0.3 is 0 Å². The summed E-state index contributed by atoms with van der Waals surface area (Å²) in [4.78, 5) is 38.4. The van der Waals surface area contributed by atoms with Gasteiger partial charge in [-0.3, -0.25) is 19.4 Å². The van der Waals surface area contributed by atoms with Crippen LogP contribution in [0, 0.1) is 12.8 Å². The first kappa shape index (κ1) is 18.8. The van der Waals surface area contributed by atoms with Crippen LogP contribution in [0.15, 0.2) is 73.1 Å². The van der Waals surface area contributed by atoms with E-state index >= 15 is 0 Å². The number of hydroxylamine groups is 1. The number of hydrogen-bond donors (Lipinski definition) is 0. The van der Waals surface area contributed by atoms with Gasteiger partial charge in [-0.2, -0.15) is 0 Å². The molecule has 2 fully saturated rings. The molecule has 2 aliphatic rings. The number of fused-ring (bicyclic) bond motifs is 1. The standard InChI is InChI=1S/C23H18ClN3O3/c1-14-17(24)10-5-11-18(14)26-22(28)19-20(15-7-6-12-25-13-15)27(30-21(19)23(26)29)16-8-3-2-4-9-16/h2-13,19-21H,1H3/t19-,20+,21+/m1/s1. The van der Waals surface area contributed by atoms with Crippen molar-refractivity contribution in [3.63, 3.8) is 0 Å². The molecule has 30 heavy (non-hydrogen) atoms. The molecule has 0 unspecified atom stereocenters. The number of nitrogens with zero attached hydrogens (tertiary/aromatic N) is 3. The number of para-hydroxylation sites is 1. The molecule has 2 amide bonds. The summed E-state index contributed by atoms with van der Waals surface area (Å²) < 4.78 is 0. The van der Waals surface area contributed by atoms with Crippen LogP contribution in [-0.4, -0.2) is 22.9 Å². The van der Waals surface area contributed by atoms with Crippen LogP contribution >= 0.6 is 11.6 Å². The lowest BCUT2D eigenvalue weighted by Crippen LogP contribution is -2.37. The Labute approximate surface area is 178 Å². The van der Waals surface area contributed by atoms with E-state index in [0.29, 0.717) is 16.3 Å². The maximum absolute atomic E-state index is 13.6. The SMILES string of the molecule is Cc1c(Cl)cccc1N1C(=O)[C@H]2[C@H](ON(c3ccccc3)[C@H]2c2cccnc2)C1=O. The number of halogens is 1. The molecule has 0 bridgehead atoms. The molecule has 3 aromatic rings. The Kier molecular flexibility index (Phi) is 4.53. The zero-order valence-corrected chi connectivity index (χ0v) is 16.9. The topological polar surface area (TPSA) is 62.7 Å². The fraction of sp³-hybridized carbons (Fsp3) is 0.174. The average molecular weight is 420 g/mol. The van der Waals surface area contributed by atoms with Crippen molar-refractivity contribution in [1.82, 2.24) is 4.98 Å². The lowest BCUT2D eigenvalue weighted by molar-refractivity contribution is -0.126. The number of amides is 2. The lowest BCUT2D eigenvalue weighted by Gasteiger charge is -2.28. The van der Waals surface area contributed by atoms with Crippen LogP contribution in [0.1, 0.15) is 17.2 Å². The van der Waals surface area contributed by atoms with Crippen molar-refractivity contribution in [3.8, 4) is 0 Å². The third-order valence-electron chi connectivity index (χ3n) is 5.63. The minimum Gasteiger partial charge on any atom is -0.273 e. The van der Waals surface area contributed by atoms with Crippen molar-refractivity contribution in [2.24, 2.45) is 5.92 Å². The van der Waals surface area contributed by atoms with E-state index in [0.717, 1.165) is 11.3 Å². The van der Waals surface area contributed by atoms with Gasteiger partial charge in [-0.1, -0.05) is 41.9 Å². The lowest BCUT2D eigenvalue weighted by atomic mass is 9.91. The Balaban J connectivity index is 1.60.